The maximum absolute atomic E-state index is 12.6. The molecule has 1 aliphatic rings. The van der Waals surface area contributed by atoms with Crippen LogP contribution in [0.25, 0.3) is 11.0 Å². The van der Waals surface area contributed by atoms with Crippen LogP contribution < -0.4 is 14.8 Å². The van der Waals surface area contributed by atoms with Gasteiger partial charge in [0, 0.05) is 19.0 Å². The summed E-state index contributed by atoms with van der Waals surface area (Å²) in [5, 5.41) is 14.8. The van der Waals surface area contributed by atoms with Gasteiger partial charge in [-0.15, -0.1) is 6.58 Å². The predicted octanol–water partition coefficient (Wildman–Crippen LogP) is 4.02. The number of nitrogens with zero attached hydrogens (tertiary/aromatic N) is 3. The van der Waals surface area contributed by atoms with Gasteiger partial charge < -0.3 is 19.4 Å². The average Bonchev–Trinajstić information content (AvgIpc) is 2.93. The molecule has 0 saturated heterocycles. The normalized spacial score (nSPS) is 12.9. The van der Waals surface area contributed by atoms with Crippen LogP contribution in [0.5, 0.6) is 11.5 Å². The van der Waals surface area contributed by atoms with Crippen LogP contribution in [0.4, 0.5) is 11.4 Å². The molecule has 4 rings (SSSR count). The molecular formula is C21H20N4O5S. The second kappa shape index (κ2) is 9.09. The summed E-state index contributed by atoms with van der Waals surface area (Å²) in [6, 6.07) is 10.4. The number of aromatic nitrogens is 2. The number of anilines is 1. The molecule has 1 aromatic heterocycles. The summed E-state index contributed by atoms with van der Waals surface area (Å²) in [5.74, 6) is 0.319. The minimum absolute atomic E-state index is 0.0338. The van der Waals surface area contributed by atoms with Crippen LogP contribution in [0.1, 0.15) is 6.42 Å². The van der Waals surface area contributed by atoms with Gasteiger partial charge in [0.15, 0.2) is 16.7 Å². The Labute approximate surface area is 182 Å². The fraction of sp³-hybridized carbons (Fsp3) is 0.238. The summed E-state index contributed by atoms with van der Waals surface area (Å²) >= 11 is 1.25. The van der Waals surface area contributed by atoms with Crippen molar-refractivity contribution in [1.82, 2.24) is 9.55 Å². The molecule has 0 unspecified atom stereocenters. The van der Waals surface area contributed by atoms with Gasteiger partial charge in [0.2, 0.25) is 5.91 Å². The van der Waals surface area contributed by atoms with Gasteiger partial charge in [-0.05, 0) is 12.1 Å². The van der Waals surface area contributed by atoms with Gasteiger partial charge in [-0.25, -0.2) is 4.98 Å². The number of carbonyl (C=O) groups excluding carboxylic acids is 1. The van der Waals surface area contributed by atoms with Crippen molar-refractivity contribution in [2.45, 2.75) is 18.1 Å². The number of allylic oxidation sites excluding steroid dienone is 1. The molecule has 3 aromatic rings. The summed E-state index contributed by atoms with van der Waals surface area (Å²) in [5.41, 5.74) is 1.59. The highest BCUT2D eigenvalue weighted by molar-refractivity contribution is 7.99. The van der Waals surface area contributed by atoms with Crippen molar-refractivity contribution < 1.29 is 19.2 Å². The van der Waals surface area contributed by atoms with Crippen LogP contribution in [-0.4, -0.2) is 39.3 Å². The molecule has 0 radical (unpaired) electrons. The van der Waals surface area contributed by atoms with E-state index in [9.17, 15) is 14.9 Å². The SMILES string of the molecule is C=CCn1c(SCC(=O)Nc2cc3c(cc2[N+](=O)[O-])OCCCO3)nc2ccccc21. The second-order valence-electron chi connectivity index (χ2n) is 6.74. The first-order chi connectivity index (χ1) is 15.1. The topological polar surface area (TPSA) is 109 Å². The molecule has 0 fully saturated rings. The maximum Gasteiger partial charge on any atom is 0.296 e. The zero-order valence-corrected chi connectivity index (χ0v) is 17.4. The molecule has 2 aromatic carbocycles. The number of benzene rings is 2. The van der Waals surface area contributed by atoms with E-state index in [0.717, 1.165) is 11.0 Å². The number of thioether (sulfide) groups is 1. The first-order valence-electron chi connectivity index (χ1n) is 9.63. The number of para-hydroxylation sites is 2. The van der Waals surface area contributed by atoms with Crippen molar-refractivity contribution in [2.75, 3.05) is 24.3 Å². The van der Waals surface area contributed by atoms with E-state index in [4.69, 9.17) is 9.47 Å². The largest absolute Gasteiger partial charge is 0.489 e. The van der Waals surface area contributed by atoms with Gasteiger partial charge in [-0.2, -0.15) is 0 Å². The number of imidazole rings is 1. The molecule has 160 valence electrons. The lowest BCUT2D eigenvalue weighted by molar-refractivity contribution is -0.384. The van der Waals surface area contributed by atoms with Gasteiger partial charge in [0.25, 0.3) is 5.69 Å². The number of fused-ring (bicyclic) bond motifs is 2. The third-order valence-electron chi connectivity index (χ3n) is 4.60. The average molecular weight is 440 g/mol. The lowest BCUT2D eigenvalue weighted by Crippen LogP contribution is -2.16. The lowest BCUT2D eigenvalue weighted by Gasteiger charge is -2.11. The van der Waals surface area contributed by atoms with E-state index in [2.05, 4.69) is 16.9 Å². The number of nitrogens with one attached hydrogen (secondary N) is 1. The van der Waals surface area contributed by atoms with E-state index in [1.165, 1.54) is 23.9 Å². The Balaban J connectivity index is 1.52. The minimum Gasteiger partial charge on any atom is -0.489 e. The van der Waals surface area contributed by atoms with Crippen LogP contribution >= 0.6 is 11.8 Å². The van der Waals surface area contributed by atoms with E-state index in [0.29, 0.717) is 42.8 Å². The number of ether oxygens (including phenoxy) is 2. The highest BCUT2D eigenvalue weighted by atomic mass is 32.2. The standard InChI is InChI=1S/C21H20N4O5S/c1-2-8-24-16-7-4-3-6-14(16)23-21(24)31-13-20(26)22-15-11-18-19(12-17(15)25(27)28)30-10-5-9-29-18/h2-4,6-7,11-12H,1,5,8-10,13H2,(H,22,26). The highest BCUT2D eigenvalue weighted by Crippen LogP contribution is 2.39. The van der Waals surface area contributed by atoms with Gasteiger partial charge in [-0.3, -0.25) is 14.9 Å². The number of nitro groups is 1. The Bertz CT molecular complexity index is 1160. The third-order valence-corrected chi connectivity index (χ3v) is 5.58. The Morgan fingerprint density at radius 3 is 2.77 bits per heavy atom. The number of nitro benzene ring substituents is 1. The minimum atomic E-state index is -0.555. The predicted molar refractivity (Wildman–Crippen MR) is 118 cm³/mol. The van der Waals surface area contributed by atoms with E-state index in [1.54, 1.807) is 6.08 Å². The fourth-order valence-corrected chi connectivity index (χ4v) is 4.06. The summed E-state index contributed by atoms with van der Waals surface area (Å²) in [6.07, 6.45) is 2.44. The number of hydrogen-bond donors (Lipinski definition) is 1. The molecular weight excluding hydrogens is 420 g/mol. The Kier molecular flexibility index (Phi) is 6.08. The number of carbonyl (C=O) groups is 1. The lowest BCUT2D eigenvalue weighted by atomic mass is 10.2. The molecule has 0 bridgehead atoms. The maximum atomic E-state index is 12.6. The van der Waals surface area contributed by atoms with Crippen molar-refractivity contribution in [2.24, 2.45) is 0 Å². The molecule has 10 heteroatoms. The molecule has 0 spiro atoms. The Morgan fingerprint density at radius 1 is 1.29 bits per heavy atom. The number of hydrogen-bond acceptors (Lipinski definition) is 7. The second-order valence-corrected chi connectivity index (χ2v) is 7.69. The third kappa shape index (κ3) is 4.48. The van der Waals surface area contributed by atoms with Crippen molar-refractivity contribution in [3.05, 3.63) is 59.2 Å². The molecule has 0 saturated carbocycles. The molecule has 9 nitrogen and oxygen atoms in total. The van der Waals surface area contributed by atoms with Crippen molar-refractivity contribution in [3.63, 3.8) is 0 Å². The smallest absolute Gasteiger partial charge is 0.296 e. The fourth-order valence-electron chi connectivity index (χ4n) is 3.23. The van der Waals surface area contributed by atoms with Crippen molar-refractivity contribution in [3.8, 4) is 11.5 Å². The van der Waals surface area contributed by atoms with E-state index >= 15 is 0 Å². The molecule has 0 atom stereocenters. The molecule has 2 heterocycles. The van der Waals surface area contributed by atoms with Gasteiger partial charge in [0.1, 0.15) is 5.69 Å². The van der Waals surface area contributed by atoms with Crippen LogP contribution in [-0.2, 0) is 11.3 Å². The number of rotatable bonds is 7. The summed E-state index contributed by atoms with van der Waals surface area (Å²) in [6.45, 7) is 5.19. The molecule has 1 amide bonds. The van der Waals surface area contributed by atoms with Crippen LogP contribution in [0.2, 0.25) is 0 Å². The molecule has 31 heavy (non-hydrogen) atoms. The quantitative estimate of drug-likeness (QED) is 0.256. The summed E-state index contributed by atoms with van der Waals surface area (Å²) < 4.78 is 13.1. The first kappa shape index (κ1) is 20.7. The van der Waals surface area contributed by atoms with Crippen LogP contribution in [0, 0.1) is 10.1 Å². The zero-order chi connectivity index (χ0) is 21.8. The van der Waals surface area contributed by atoms with Crippen molar-refractivity contribution >= 4 is 40.1 Å². The highest BCUT2D eigenvalue weighted by Gasteiger charge is 2.23. The Morgan fingerprint density at radius 2 is 2.03 bits per heavy atom. The number of amides is 1. The van der Waals surface area contributed by atoms with E-state index in [-0.39, 0.29) is 23.0 Å². The van der Waals surface area contributed by atoms with E-state index < -0.39 is 4.92 Å². The van der Waals surface area contributed by atoms with Crippen molar-refractivity contribution in [1.29, 1.82) is 0 Å². The summed E-state index contributed by atoms with van der Waals surface area (Å²) in [7, 11) is 0. The van der Waals surface area contributed by atoms with Gasteiger partial charge in [0.05, 0.1) is 41.0 Å². The Hall–Kier alpha value is -3.53. The molecule has 1 N–H and O–H groups in total. The summed E-state index contributed by atoms with van der Waals surface area (Å²) in [4.78, 5) is 28.1. The molecule has 0 aliphatic carbocycles. The zero-order valence-electron chi connectivity index (χ0n) is 16.6. The first-order valence-corrected chi connectivity index (χ1v) is 10.6. The van der Waals surface area contributed by atoms with Gasteiger partial charge >= 0.3 is 0 Å². The van der Waals surface area contributed by atoms with Crippen LogP contribution in [0.3, 0.4) is 0 Å². The van der Waals surface area contributed by atoms with Crippen LogP contribution in [0.15, 0.2) is 54.2 Å². The van der Waals surface area contributed by atoms with E-state index in [1.807, 2.05) is 28.8 Å². The van der Waals surface area contributed by atoms with Gasteiger partial charge in [-0.1, -0.05) is 30.0 Å². The monoisotopic (exact) mass is 440 g/mol. The molecule has 1 aliphatic heterocycles.